The van der Waals surface area contributed by atoms with Crippen LogP contribution in [0.3, 0.4) is 0 Å². The average molecular weight is 255 g/mol. The summed E-state index contributed by atoms with van der Waals surface area (Å²) >= 11 is 0. The highest BCUT2D eigenvalue weighted by Crippen LogP contribution is 2.27. The van der Waals surface area contributed by atoms with Crippen molar-refractivity contribution < 1.29 is 0 Å². The van der Waals surface area contributed by atoms with Gasteiger partial charge in [-0.1, -0.05) is 0 Å². The zero-order valence-electron chi connectivity index (χ0n) is 11.2. The molecule has 0 aromatic carbocycles. The van der Waals surface area contributed by atoms with E-state index in [9.17, 15) is 0 Å². The van der Waals surface area contributed by atoms with Gasteiger partial charge in [0.05, 0.1) is 0 Å². The van der Waals surface area contributed by atoms with Crippen LogP contribution in [0.5, 0.6) is 0 Å². The molecular formula is C14H17N5. The van der Waals surface area contributed by atoms with Gasteiger partial charge in [0.15, 0.2) is 0 Å². The molecule has 0 aliphatic carbocycles. The van der Waals surface area contributed by atoms with E-state index in [1.165, 1.54) is 0 Å². The maximum Gasteiger partial charge on any atom is 0.133 e. The number of rotatable bonds is 2. The highest BCUT2D eigenvalue weighted by atomic mass is 15.2. The molecule has 0 bridgehead atoms. The van der Waals surface area contributed by atoms with Gasteiger partial charge in [0.1, 0.15) is 17.5 Å². The van der Waals surface area contributed by atoms with Crippen molar-refractivity contribution in [1.82, 2.24) is 19.9 Å². The van der Waals surface area contributed by atoms with Crippen LogP contribution >= 0.6 is 0 Å². The average Bonchev–Trinajstić information content (AvgIpc) is 2.88. The molecular weight excluding hydrogens is 238 g/mol. The van der Waals surface area contributed by atoms with E-state index >= 15 is 0 Å². The summed E-state index contributed by atoms with van der Waals surface area (Å²) in [5.74, 6) is 3.17. The quantitative estimate of drug-likeness (QED) is 0.820. The molecule has 98 valence electrons. The van der Waals surface area contributed by atoms with Crippen molar-refractivity contribution in [3.05, 3.63) is 41.9 Å². The first-order valence-corrected chi connectivity index (χ1v) is 6.56. The Morgan fingerprint density at radius 3 is 2.74 bits per heavy atom. The number of anilines is 1. The van der Waals surface area contributed by atoms with Gasteiger partial charge in [0, 0.05) is 37.1 Å². The van der Waals surface area contributed by atoms with E-state index in [-0.39, 0.29) is 0 Å². The Labute approximate surface area is 112 Å². The van der Waals surface area contributed by atoms with Crippen molar-refractivity contribution in [3.63, 3.8) is 0 Å². The lowest BCUT2D eigenvalue weighted by atomic mass is 10.1. The van der Waals surface area contributed by atoms with E-state index < -0.39 is 0 Å². The van der Waals surface area contributed by atoms with Crippen LogP contribution in [0.25, 0.3) is 0 Å². The van der Waals surface area contributed by atoms with Gasteiger partial charge in [-0.25, -0.2) is 19.9 Å². The van der Waals surface area contributed by atoms with Gasteiger partial charge < -0.3 is 4.90 Å². The second-order valence-corrected chi connectivity index (χ2v) is 4.95. The van der Waals surface area contributed by atoms with E-state index in [0.717, 1.165) is 42.7 Å². The highest BCUT2D eigenvalue weighted by Gasteiger charge is 2.26. The molecule has 1 aliphatic heterocycles. The third-order valence-electron chi connectivity index (χ3n) is 3.45. The van der Waals surface area contributed by atoms with E-state index in [1.54, 1.807) is 0 Å². The summed E-state index contributed by atoms with van der Waals surface area (Å²) in [6.07, 6.45) is 4.73. The first-order valence-electron chi connectivity index (χ1n) is 6.56. The predicted molar refractivity (Wildman–Crippen MR) is 73.1 cm³/mol. The molecule has 1 fully saturated rings. The lowest BCUT2D eigenvalue weighted by Crippen LogP contribution is -2.21. The molecule has 0 spiro atoms. The third kappa shape index (κ3) is 2.54. The molecule has 1 saturated heterocycles. The minimum atomic E-state index is 0.398. The smallest absolute Gasteiger partial charge is 0.133 e. The Morgan fingerprint density at radius 2 is 1.95 bits per heavy atom. The number of aromatic nitrogens is 4. The fourth-order valence-electron chi connectivity index (χ4n) is 2.46. The van der Waals surface area contributed by atoms with E-state index in [2.05, 4.69) is 24.8 Å². The van der Waals surface area contributed by atoms with Gasteiger partial charge in [0.25, 0.3) is 0 Å². The molecule has 0 amide bonds. The first-order chi connectivity index (χ1) is 9.22. The van der Waals surface area contributed by atoms with Crippen molar-refractivity contribution in [2.75, 3.05) is 18.0 Å². The largest absolute Gasteiger partial charge is 0.356 e. The summed E-state index contributed by atoms with van der Waals surface area (Å²) in [4.78, 5) is 19.8. The van der Waals surface area contributed by atoms with Gasteiger partial charge in [-0.05, 0) is 32.4 Å². The van der Waals surface area contributed by atoms with Crippen LogP contribution in [0.2, 0.25) is 0 Å². The molecule has 0 saturated carbocycles. The van der Waals surface area contributed by atoms with E-state index in [4.69, 9.17) is 0 Å². The zero-order chi connectivity index (χ0) is 13.2. The number of nitrogens with zero attached hydrogens (tertiary/aromatic N) is 5. The Morgan fingerprint density at radius 1 is 1.11 bits per heavy atom. The molecule has 0 radical (unpaired) electrons. The fraction of sp³-hybridized carbons (Fsp3) is 0.429. The summed E-state index contributed by atoms with van der Waals surface area (Å²) in [7, 11) is 0. The predicted octanol–water partition coefficient (Wildman–Crippen LogP) is 1.88. The molecule has 0 unspecified atom stereocenters. The van der Waals surface area contributed by atoms with Crippen LogP contribution in [-0.2, 0) is 0 Å². The second kappa shape index (κ2) is 4.91. The number of aryl methyl sites for hydroxylation is 2. The lowest BCUT2D eigenvalue weighted by Gasteiger charge is -2.17. The van der Waals surface area contributed by atoms with Gasteiger partial charge in [-0.3, -0.25) is 0 Å². The normalized spacial score (nSPS) is 18.8. The molecule has 3 heterocycles. The second-order valence-electron chi connectivity index (χ2n) is 4.95. The number of hydrogen-bond donors (Lipinski definition) is 0. The molecule has 2 aromatic heterocycles. The van der Waals surface area contributed by atoms with E-state index in [0.29, 0.717) is 5.92 Å². The standard InChI is InChI=1S/C14H17N5/c1-10-3-6-16-14(17-10)12-5-8-19(9-12)13-4-7-15-11(2)18-13/h3-4,6-7,12H,5,8-9H2,1-2H3/t12-/m0/s1. The van der Waals surface area contributed by atoms with Gasteiger partial charge >= 0.3 is 0 Å². The van der Waals surface area contributed by atoms with Crippen molar-refractivity contribution in [1.29, 1.82) is 0 Å². The Balaban J connectivity index is 1.77. The molecule has 5 nitrogen and oxygen atoms in total. The van der Waals surface area contributed by atoms with Crippen molar-refractivity contribution >= 4 is 5.82 Å². The first kappa shape index (κ1) is 12.0. The number of hydrogen-bond acceptors (Lipinski definition) is 5. The summed E-state index contributed by atoms with van der Waals surface area (Å²) in [5.41, 5.74) is 1.03. The van der Waals surface area contributed by atoms with Crippen LogP contribution in [0.4, 0.5) is 5.82 Å². The minimum absolute atomic E-state index is 0.398. The summed E-state index contributed by atoms with van der Waals surface area (Å²) in [5, 5.41) is 0. The molecule has 19 heavy (non-hydrogen) atoms. The SMILES string of the molecule is Cc1ccnc([C@H]2CCN(c3ccnc(C)n3)C2)n1. The zero-order valence-corrected chi connectivity index (χ0v) is 11.2. The van der Waals surface area contributed by atoms with Gasteiger partial charge in [-0.2, -0.15) is 0 Å². The van der Waals surface area contributed by atoms with E-state index in [1.807, 2.05) is 38.4 Å². The van der Waals surface area contributed by atoms with Gasteiger partial charge in [-0.15, -0.1) is 0 Å². The van der Waals surface area contributed by atoms with Crippen LogP contribution in [0.1, 0.15) is 29.7 Å². The third-order valence-corrected chi connectivity index (χ3v) is 3.45. The van der Waals surface area contributed by atoms with Crippen LogP contribution in [-0.4, -0.2) is 33.0 Å². The summed E-state index contributed by atoms with van der Waals surface area (Å²) in [6, 6.07) is 3.90. The molecule has 3 rings (SSSR count). The molecule has 2 aromatic rings. The summed E-state index contributed by atoms with van der Waals surface area (Å²) in [6.45, 7) is 5.85. The Bertz CT molecular complexity index is 532. The maximum atomic E-state index is 4.53. The topological polar surface area (TPSA) is 54.8 Å². The molecule has 5 heteroatoms. The van der Waals surface area contributed by atoms with Crippen molar-refractivity contribution in [2.45, 2.75) is 26.2 Å². The summed E-state index contributed by atoms with van der Waals surface area (Å²) < 4.78 is 0. The molecule has 0 N–H and O–H groups in total. The monoisotopic (exact) mass is 255 g/mol. The minimum Gasteiger partial charge on any atom is -0.356 e. The molecule has 1 aliphatic rings. The van der Waals surface area contributed by atoms with Crippen LogP contribution < -0.4 is 4.90 Å². The Hall–Kier alpha value is -2.04. The Kier molecular flexibility index (Phi) is 3.11. The van der Waals surface area contributed by atoms with Crippen molar-refractivity contribution in [3.8, 4) is 0 Å². The van der Waals surface area contributed by atoms with Gasteiger partial charge in [0.2, 0.25) is 0 Å². The highest BCUT2D eigenvalue weighted by molar-refractivity contribution is 5.39. The fourth-order valence-corrected chi connectivity index (χ4v) is 2.46. The molecule has 1 atom stereocenters. The van der Waals surface area contributed by atoms with Crippen LogP contribution in [0, 0.1) is 13.8 Å². The van der Waals surface area contributed by atoms with Crippen molar-refractivity contribution in [2.24, 2.45) is 0 Å². The lowest BCUT2D eigenvalue weighted by molar-refractivity contribution is 0.703. The maximum absolute atomic E-state index is 4.53. The van der Waals surface area contributed by atoms with Crippen LogP contribution in [0.15, 0.2) is 24.5 Å².